The zero-order chi connectivity index (χ0) is 27.3. The lowest BCUT2D eigenvalue weighted by Gasteiger charge is -2.17. The second-order valence-electron chi connectivity index (χ2n) is 8.62. The topological polar surface area (TPSA) is 136 Å². The summed E-state index contributed by atoms with van der Waals surface area (Å²) in [4.78, 5) is 49.4. The van der Waals surface area contributed by atoms with Crippen molar-refractivity contribution in [2.45, 2.75) is 18.2 Å². The van der Waals surface area contributed by atoms with E-state index in [1.807, 2.05) is 6.92 Å². The Morgan fingerprint density at radius 3 is 2.24 bits per heavy atom. The molecule has 2 amide bonds. The van der Waals surface area contributed by atoms with Crippen molar-refractivity contribution in [3.8, 4) is 5.75 Å². The SMILES string of the molecule is Cc1ccc(S(=O)(=O)Oc2ccc(C(=O)COC(=O)[C@H]3CC(=O)N(NC(=O)c4ccccc4)C3)cc2)cc1. The van der Waals surface area contributed by atoms with Crippen LogP contribution in [-0.4, -0.2) is 50.1 Å². The molecule has 11 heteroatoms. The highest BCUT2D eigenvalue weighted by Gasteiger charge is 2.36. The molecule has 0 bridgehead atoms. The van der Waals surface area contributed by atoms with Gasteiger partial charge >= 0.3 is 16.1 Å². The van der Waals surface area contributed by atoms with E-state index >= 15 is 0 Å². The Hall–Kier alpha value is -4.51. The molecule has 1 atom stereocenters. The predicted octanol–water partition coefficient (Wildman–Crippen LogP) is 2.68. The Morgan fingerprint density at radius 1 is 0.921 bits per heavy atom. The molecule has 1 saturated heterocycles. The summed E-state index contributed by atoms with van der Waals surface area (Å²) < 4.78 is 35.0. The summed E-state index contributed by atoms with van der Waals surface area (Å²) in [5.41, 5.74) is 3.91. The maximum absolute atomic E-state index is 12.5. The predicted molar refractivity (Wildman–Crippen MR) is 134 cm³/mol. The second-order valence-corrected chi connectivity index (χ2v) is 10.2. The lowest BCUT2D eigenvalue weighted by molar-refractivity contribution is -0.147. The first-order chi connectivity index (χ1) is 18.1. The summed E-state index contributed by atoms with van der Waals surface area (Å²) in [5, 5.41) is 1.06. The number of benzene rings is 3. The van der Waals surface area contributed by atoms with Gasteiger partial charge in [-0.1, -0.05) is 35.9 Å². The molecule has 1 aliphatic heterocycles. The first-order valence-electron chi connectivity index (χ1n) is 11.6. The van der Waals surface area contributed by atoms with E-state index in [1.165, 1.54) is 36.4 Å². The van der Waals surface area contributed by atoms with E-state index in [0.717, 1.165) is 10.6 Å². The van der Waals surface area contributed by atoms with Gasteiger partial charge in [-0.3, -0.25) is 29.6 Å². The fourth-order valence-corrected chi connectivity index (χ4v) is 4.59. The number of esters is 1. The number of carbonyl (C=O) groups excluding carboxylic acids is 4. The molecular formula is C27H24N2O8S. The normalized spacial score (nSPS) is 15.1. The standard InChI is InChI=1S/C27H24N2O8S/c1-18-7-13-23(14-8-18)38(34,35)37-22-11-9-19(10-12-22)24(30)17-36-27(33)21-15-25(31)29(16-21)28-26(32)20-5-3-2-4-6-20/h2-14,21H,15-17H2,1H3,(H,28,32)/t21-/m0/s1. The fraction of sp³-hybridized carbons (Fsp3) is 0.185. The number of hydrogen-bond acceptors (Lipinski definition) is 8. The number of aryl methyl sites for hydroxylation is 1. The van der Waals surface area contributed by atoms with Crippen LogP contribution < -0.4 is 9.61 Å². The van der Waals surface area contributed by atoms with Crippen molar-refractivity contribution >= 4 is 33.7 Å². The number of carbonyl (C=O) groups is 4. The van der Waals surface area contributed by atoms with Crippen LogP contribution in [0.1, 0.15) is 32.7 Å². The van der Waals surface area contributed by atoms with E-state index in [4.69, 9.17) is 8.92 Å². The maximum Gasteiger partial charge on any atom is 0.339 e. The monoisotopic (exact) mass is 536 g/mol. The van der Waals surface area contributed by atoms with Gasteiger partial charge in [-0.2, -0.15) is 8.42 Å². The van der Waals surface area contributed by atoms with Gasteiger partial charge in [0.1, 0.15) is 10.6 Å². The van der Waals surface area contributed by atoms with Crippen LogP contribution in [0.2, 0.25) is 0 Å². The highest BCUT2D eigenvalue weighted by atomic mass is 32.2. The fourth-order valence-electron chi connectivity index (χ4n) is 3.66. The number of nitrogens with zero attached hydrogens (tertiary/aromatic N) is 1. The van der Waals surface area contributed by atoms with Crippen LogP contribution in [0.15, 0.2) is 83.8 Å². The lowest BCUT2D eigenvalue weighted by Crippen LogP contribution is -2.43. The summed E-state index contributed by atoms with van der Waals surface area (Å²) in [6, 6.07) is 19.8. The molecule has 1 heterocycles. The number of nitrogens with one attached hydrogen (secondary N) is 1. The summed E-state index contributed by atoms with van der Waals surface area (Å²) in [5.74, 6) is -3.02. The molecule has 1 fully saturated rings. The molecule has 10 nitrogen and oxygen atoms in total. The number of hydrazine groups is 1. The van der Waals surface area contributed by atoms with Crippen molar-refractivity contribution < 1.29 is 36.5 Å². The van der Waals surface area contributed by atoms with Crippen LogP contribution in [0.5, 0.6) is 5.75 Å². The van der Waals surface area contributed by atoms with Gasteiger partial charge in [0.15, 0.2) is 12.4 Å². The summed E-state index contributed by atoms with van der Waals surface area (Å²) in [6.07, 6.45) is -0.163. The number of ketones is 1. The first-order valence-corrected chi connectivity index (χ1v) is 13.0. The third-order valence-corrected chi connectivity index (χ3v) is 7.03. The number of hydrogen-bond donors (Lipinski definition) is 1. The molecule has 1 N–H and O–H groups in total. The summed E-state index contributed by atoms with van der Waals surface area (Å²) >= 11 is 0. The molecule has 38 heavy (non-hydrogen) atoms. The Labute approximate surface area is 219 Å². The third-order valence-electron chi connectivity index (χ3n) is 5.77. The number of Topliss-reactive ketones (excluding diaryl/α,β-unsaturated/α-hetero) is 1. The maximum atomic E-state index is 12.5. The number of rotatable bonds is 9. The smallest absolute Gasteiger partial charge is 0.339 e. The molecule has 1 aliphatic rings. The van der Waals surface area contributed by atoms with E-state index < -0.39 is 46.2 Å². The zero-order valence-corrected chi connectivity index (χ0v) is 21.1. The van der Waals surface area contributed by atoms with E-state index in [1.54, 1.807) is 42.5 Å². The van der Waals surface area contributed by atoms with Crippen LogP contribution in [0.4, 0.5) is 0 Å². The van der Waals surface area contributed by atoms with Crippen molar-refractivity contribution in [3.05, 3.63) is 95.6 Å². The molecule has 0 aliphatic carbocycles. The summed E-state index contributed by atoms with van der Waals surface area (Å²) in [7, 11) is -4.04. The van der Waals surface area contributed by atoms with Crippen LogP contribution in [-0.2, 0) is 24.4 Å². The summed E-state index contributed by atoms with van der Waals surface area (Å²) in [6.45, 7) is 1.19. The average Bonchev–Trinajstić information content (AvgIpc) is 3.28. The van der Waals surface area contributed by atoms with Crippen LogP contribution >= 0.6 is 0 Å². The van der Waals surface area contributed by atoms with Crippen LogP contribution in [0.25, 0.3) is 0 Å². The highest BCUT2D eigenvalue weighted by molar-refractivity contribution is 7.87. The number of ether oxygens (including phenoxy) is 1. The zero-order valence-electron chi connectivity index (χ0n) is 20.3. The molecule has 4 rings (SSSR count). The Morgan fingerprint density at radius 2 is 1.58 bits per heavy atom. The van der Waals surface area contributed by atoms with Gasteiger partial charge < -0.3 is 8.92 Å². The second kappa shape index (κ2) is 11.3. The highest BCUT2D eigenvalue weighted by Crippen LogP contribution is 2.21. The average molecular weight is 537 g/mol. The Kier molecular flexibility index (Phi) is 7.87. The van der Waals surface area contributed by atoms with Crippen molar-refractivity contribution in [1.29, 1.82) is 0 Å². The molecule has 0 radical (unpaired) electrons. The van der Waals surface area contributed by atoms with Crippen LogP contribution in [0, 0.1) is 12.8 Å². The molecule has 196 valence electrons. The van der Waals surface area contributed by atoms with Gasteiger partial charge in [-0.15, -0.1) is 0 Å². The number of amides is 2. The van der Waals surface area contributed by atoms with E-state index in [-0.39, 0.29) is 29.2 Å². The van der Waals surface area contributed by atoms with Crippen molar-refractivity contribution in [1.82, 2.24) is 10.4 Å². The molecular weight excluding hydrogens is 512 g/mol. The molecule has 0 unspecified atom stereocenters. The van der Waals surface area contributed by atoms with Gasteiger partial charge in [0.2, 0.25) is 5.91 Å². The molecule has 3 aromatic rings. The molecule has 0 aromatic heterocycles. The van der Waals surface area contributed by atoms with Crippen molar-refractivity contribution in [2.75, 3.05) is 13.2 Å². The Bertz CT molecular complexity index is 1450. The Balaban J connectivity index is 1.27. The first kappa shape index (κ1) is 26.6. The van der Waals surface area contributed by atoms with Crippen molar-refractivity contribution in [3.63, 3.8) is 0 Å². The van der Waals surface area contributed by atoms with Crippen molar-refractivity contribution in [2.24, 2.45) is 5.92 Å². The van der Waals surface area contributed by atoms with E-state index in [2.05, 4.69) is 5.43 Å². The molecule has 3 aromatic carbocycles. The van der Waals surface area contributed by atoms with E-state index in [0.29, 0.717) is 5.56 Å². The minimum absolute atomic E-state index is 0.00115. The van der Waals surface area contributed by atoms with Gasteiger partial charge in [0, 0.05) is 17.5 Å². The van der Waals surface area contributed by atoms with Gasteiger partial charge in [-0.05, 0) is 55.5 Å². The minimum Gasteiger partial charge on any atom is -0.457 e. The largest absolute Gasteiger partial charge is 0.457 e. The minimum atomic E-state index is -4.04. The van der Waals surface area contributed by atoms with Gasteiger partial charge in [-0.25, -0.2) is 0 Å². The molecule has 0 saturated carbocycles. The quantitative estimate of drug-likeness (QED) is 0.250. The van der Waals surface area contributed by atoms with Gasteiger partial charge in [0.05, 0.1) is 12.5 Å². The van der Waals surface area contributed by atoms with Gasteiger partial charge in [0.25, 0.3) is 5.91 Å². The van der Waals surface area contributed by atoms with E-state index in [9.17, 15) is 27.6 Å². The third kappa shape index (κ3) is 6.43. The van der Waals surface area contributed by atoms with Crippen LogP contribution in [0.3, 0.4) is 0 Å². The molecule has 0 spiro atoms. The lowest BCUT2D eigenvalue weighted by atomic mass is 10.1.